The molecule has 0 aliphatic rings. The standard InChI is InChI=1S/C9H13NOS2/c1-9(2,3)13(11)10-7-8-5-4-6-12-8/h4-7H,1-3H3/b10-7+. The molecule has 0 aliphatic carbocycles. The lowest BCUT2D eigenvalue weighted by Crippen LogP contribution is -2.19. The van der Waals surface area contributed by atoms with Gasteiger partial charge in [0.15, 0.2) is 0 Å². The van der Waals surface area contributed by atoms with Gasteiger partial charge in [0.2, 0.25) is 0 Å². The summed E-state index contributed by atoms with van der Waals surface area (Å²) in [5, 5.41) is 1.97. The first-order valence-corrected chi connectivity index (χ1v) is 5.98. The van der Waals surface area contributed by atoms with Crippen molar-refractivity contribution in [3.8, 4) is 0 Å². The molecule has 0 saturated heterocycles. The molecule has 1 aromatic rings. The zero-order valence-electron chi connectivity index (χ0n) is 7.98. The maximum Gasteiger partial charge on any atom is 0.144 e. The Morgan fingerprint density at radius 1 is 1.54 bits per heavy atom. The van der Waals surface area contributed by atoms with Crippen LogP contribution in [0.1, 0.15) is 25.6 Å². The fourth-order valence-electron chi connectivity index (χ4n) is 0.623. The molecule has 1 heterocycles. The molecule has 72 valence electrons. The van der Waals surface area contributed by atoms with E-state index < -0.39 is 11.0 Å². The minimum atomic E-state index is -1.15. The van der Waals surface area contributed by atoms with Crippen LogP contribution in [0.15, 0.2) is 21.9 Å². The van der Waals surface area contributed by atoms with Crippen molar-refractivity contribution < 1.29 is 4.21 Å². The smallest absolute Gasteiger partial charge is 0.144 e. The van der Waals surface area contributed by atoms with E-state index in [2.05, 4.69) is 4.40 Å². The summed E-state index contributed by atoms with van der Waals surface area (Å²) in [7, 11) is -1.15. The fraction of sp³-hybridized carbons (Fsp3) is 0.444. The average molecular weight is 215 g/mol. The van der Waals surface area contributed by atoms with E-state index in [0.29, 0.717) is 0 Å². The summed E-state index contributed by atoms with van der Waals surface area (Å²) in [6, 6.07) is 3.90. The van der Waals surface area contributed by atoms with Gasteiger partial charge in [0, 0.05) is 4.88 Å². The maximum absolute atomic E-state index is 11.5. The Kier molecular flexibility index (Phi) is 3.39. The van der Waals surface area contributed by atoms with Crippen molar-refractivity contribution in [1.29, 1.82) is 0 Å². The fourth-order valence-corrected chi connectivity index (χ4v) is 1.80. The zero-order chi connectivity index (χ0) is 9.90. The van der Waals surface area contributed by atoms with E-state index in [1.54, 1.807) is 17.6 Å². The average Bonchev–Trinajstić information content (AvgIpc) is 2.50. The highest BCUT2D eigenvalue weighted by Crippen LogP contribution is 2.13. The second-order valence-electron chi connectivity index (χ2n) is 3.61. The van der Waals surface area contributed by atoms with E-state index >= 15 is 0 Å². The van der Waals surface area contributed by atoms with Crippen molar-refractivity contribution in [1.82, 2.24) is 0 Å². The second-order valence-corrected chi connectivity index (χ2v) is 6.52. The van der Waals surface area contributed by atoms with E-state index in [-0.39, 0.29) is 4.75 Å². The summed E-state index contributed by atoms with van der Waals surface area (Å²) in [4.78, 5) is 1.04. The monoisotopic (exact) mass is 215 g/mol. The topological polar surface area (TPSA) is 29.4 Å². The number of hydrogen-bond donors (Lipinski definition) is 0. The van der Waals surface area contributed by atoms with Crippen molar-refractivity contribution in [2.24, 2.45) is 4.40 Å². The van der Waals surface area contributed by atoms with Gasteiger partial charge in [-0.25, -0.2) is 4.21 Å². The first kappa shape index (κ1) is 10.6. The van der Waals surface area contributed by atoms with Crippen molar-refractivity contribution >= 4 is 28.5 Å². The summed E-state index contributed by atoms with van der Waals surface area (Å²) in [6.45, 7) is 5.73. The molecule has 0 amide bonds. The molecule has 1 aromatic heterocycles. The van der Waals surface area contributed by atoms with E-state index in [0.717, 1.165) is 4.88 Å². The molecule has 0 bridgehead atoms. The third kappa shape index (κ3) is 3.40. The van der Waals surface area contributed by atoms with Gasteiger partial charge >= 0.3 is 0 Å². The lowest BCUT2D eigenvalue weighted by atomic mass is 10.3. The van der Waals surface area contributed by atoms with Crippen LogP contribution in [0.2, 0.25) is 0 Å². The number of nitrogens with zero attached hydrogens (tertiary/aromatic N) is 1. The molecule has 0 aromatic carbocycles. The van der Waals surface area contributed by atoms with Crippen molar-refractivity contribution in [3.05, 3.63) is 22.4 Å². The van der Waals surface area contributed by atoms with Crippen molar-refractivity contribution in [2.45, 2.75) is 25.5 Å². The van der Waals surface area contributed by atoms with E-state index in [9.17, 15) is 4.21 Å². The van der Waals surface area contributed by atoms with Gasteiger partial charge in [0.05, 0.1) is 11.0 Å². The largest absolute Gasteiger partial charge is 0.234 e. The summed E-state index contributed by atoms with van der Waals surface area (Å²) in [5.74, 6) is 0. The van der Waals surface area contributed by atoms with Gasteiger partial charge in [-0.1, -0.05) is 6.07 Å². The van der Waals surface area contributed by atoms with Crippen LogP contribution in [0.4, 0.5) is 0 Å². The van der Waals surface area contributed by atoms with Gasteiger partial charge in [-0.3, -0.25) is 0 Å². The Balaban J connectivity index is 2.65. The number of rotatable bonds is 2. The molecule has 0 aliphatic heterocycles. The molecule has 4 heteroatoms. The lowest BCUT2D eigenvalue weighted by Gasteiger charge is -2.12. The molecule has 0 saturated carbocycles. The Labute approximate surface area is 85.3 Å². The van der Waals surface area contributed by atoms with E-state index in [1.807, 2.05) is 38.3 Å². The highest BCUT2D eigenvalue weighted by molar-refractivity contribution is 7.85. The Morgan fingerprint density at radius 2 is 2.23 bits per heavy atom. The minimum absolute atomic E-state index is 0.270. The normalized spacial score (nSPS) is 15.0. The van der Waals surface area contributed by atoms with Crippen LogP contribution < -0.4 is 0 Å². The first-order valence-electron chi connectivity index (χ1n) is 4.00. The summed E-state index contributed by atoms with van der Waals surface area (Å²) >= 11 is 1.59. The molecule has 2 nitrogen and oxygen atoms in total. The molecule has 13 heavy (non-hydrogen) atoms. The maximum atomic E-state index is 11.5. The third-order valence-corrected chi connectivity index (χ3v) is 3.49. The molecule has 1 rings (SSSR count). The Bertz CT molecular complexity index is 309. The van der Waals surface area contributed by atoms with E-state index in [1.165, 1.54) is 0 Å². The molecular formula is C9H13NOS2. The van der Waals surface area contributed by atoms with Crippen LogP contribution in [0.3, 0.4) is 0 Å². The van der Waals surface area contributed by atoms with Gasteiger partial charge < -0.3 is 0 Å². The van der Waals surface area contributed by atoms with Gasteiger partial charge in [0.25, 0.3) is 0 Å². The molecule has 1 unspecified atom stereocenters. The Hall–Kier alpha value is -0.480. The highest BCUT2D eigenvalue weighted by atomic mass is 32.2. The molecule has 1 atom stereocenters. The SMILES string of the molecule is CC(C)(C)S(=O)/N=C/c1cccs1. The summed E-state index contributed by atoms with van der Waals surface area (Å²) in [6.07, 6.45) is 1.67. The minimum Gasteiger partial charge on any atom is -0.234 e. The summed E-state index contributed by atoms with van der Waals surface area (Å²) < 4.78 is 15.2. The van der Waals surface area contributed by atoms with Gasteiger partial charge in [-0.15, -0.1) is 11.3 Å². The molecule has 0 spiro atoms. The quantitative estimate of drug-likeness (QED) is 0.697. The van der Waals surface area contributed by atoms with Crippen molar-refractivity contribution in [2.75, 3.05) is 0 Å². The number of hydrogen-bond acceptors (Lipinski definition) is 2. The molecular weight excluding hydrogens is 202 g/mol. The third-order valence-electron chi connectivity index (χ3n) is 1.34. The zero-order valence-corrected chi connectivity index (χ0v) is 9.61. The lowest BCUT2D eigenvalue weighted by molar-refractivity contribution is 0.651. The van der Waals surface area contributed by atoms with Gasteiger partial charge in [-0.2, -0.15) is 4.40 Å². The Morgan fingerprint density at radius 3 is 2.69 bits per heavy atom. The van der Waals surface area contributed by atoms with Crippen molar-refractivity contribution in [3.63, 3.8) is 0 Å². The predicted molar refractivity (Wildman–Crippen MR) is 59.8 cm³/mol. The summed E-state index contributed by atoms with van der Waals surface area (Å²) in [5.41, 5.74) is 0. The van der Waals surface area contributed by atoms with Gasteiger partial charge in [-0.05, 0) is 32.2 Å². The van der Waals surface area contributed by atoms with Crippen LogP contribution in [0.25, 0.3) is 0 Å². The second kappa shape index (κ2) is 4.15. The molecule has 0 radical (unpaired) electrons. The first-order chi connectivity index (χ1) is 6.00. The molecule has 0 fully saturated rings. The van der Waals surface area contributed by atoms with Crippen LogP contribution in [0, 0.1) is 0 Å². The molecule has 0 N–H and O–H groups in total. The highest BCUT2D eigenvalue weighted by Gasteiger charge is 2.17. The van der Waals surface area contributed by atoms with E-state index in [4.69, 9.17) is 0 Å². The van der Waals surface area contributed by atoms with Crippen LogP contribution in [-0.2, 0) is 11.0 Å². The van der Waals surface area contributed by atoms with Crippen LogP contribution >= 0.6 is 11.3 Å². The van der Waals surface area contributed by atoms with Crippen LogP contribution in [0.5, 0.6) is 0 Å². The predicted octanol–water partition coefficient (Wildman–Crippen LogP) is 2.63. The number of thiophene rings is 1. The van der Waals surface area contributed by atoms with Crippen LogP contribution in [-0.4, -0.2) is 15.2 Å². The van der Waals surface area contributed by atoms with Gasteiger partial charge in [0.1, 0.15) is 11.0 Å².